The first kappa shape index (κ1) is 15.4. The highest BCUT2D eigenvalue weighted by Gasteiger charge is 2.13. The van der Waals surface area contributed by atoms with E-state index in [9.17, 15) is 9.90 Å². The van der Waals surface area contributed by atoms with Crippen molar-refractivity contribution >= 4 is 11.7 Å². The predicted octanol–water partition coefficient (Wildman–Crippen LogP) is 1.44. The van der Waals surface area contributed by atoms with Gasteiger partial charge >= 0.3 is 0 Å². The summed E-state index contributed by atoms with van der Waals surface area (Å²) >= 11 is 0. The number of anilines is 1. The summed E-state index contributed by atoms with van der Waals surface area (Å²) in [5.74, 6) is 0.818. The van der Waals surface area contributed by atoms with Gasteiger partial charge in [0.25, 0.3) is 0 Å². The van der Waals surface area contributed by atoms with E-state index in [1.807, 2.05) is 37.9 Å². The van der Waals surface area contributed by atoms with E-state index in [-0.39, 0.29) is 5.91 Å². The molecule has 19 heavy (non-hydrogen) atoms. The average molecular weight is 265 g/mol. The zero-order chi connectivity index (χ0) is 14.4. The lowest BCUT2D eigenvalue weighted by Crippen LogP contribution is -2.39. The Bertz CT molecular complexity index is 400. The van der Waals surface area contributed by atoms with Crippen molar-refractivity contribution in [3.05, 3.63) is 23.9 Å². The molecule has 0 spiro atoms. The molecule has 1 aromatic rings. The number of hydrogen-bond donors (Lipinski definition) is 1. The standard InChI is InChI=1S/C14H23N3O2/c1-5-17(6-2)14(19)10-16(4)13-8-7-12(9-15-13)11(3)18/h7-9,11,18H,5-6,10H2,1-4H3. The molecule has 1 unspecified atom stereocenters. The quantitative estimate of drug-likeness (QED) is 0.845. The van der Waals surface area contributed by atoms with Crippen LogP contribution in [0.1, 0.15) is 32.4 Å². The zero-order valence-corrected chi connectivity index (χ0v) is 12.1. The highest BCUT2D eigenvalue weighted by Crippen LogP contribution is 2.14. The van der Waals surface area contributed by atoms with Crippen LogP contribution in [0.4, 0.5) is 5.82 Å². The molecule has 0 aliphatic carbocycles. The molecular weight excluding hydrogens is 242 g/mol. The Morgan fingerprint density at radius 3 is 2.42 bits per heavy atom. The lowest BCUT2D eigenvalue weighted by Gasteiger charge is -2.23. The van der Waals surface area contributed by atoms with E-state index < -0.39 is 6.10 Å². The molecule has 1 heterocycles. The number of hydrogen-bond acceptors (Lipinski definition) is 4. The Balaban J connectivity index is 2.67. The fourth-order valence-corrected chi connectivity index (χ4v) is 1.83. The summed E-state index contributed by atoms with van der Waals surface area (Å²) in [5.41, 5.74) is 0.771. The van der Waals surface area contributed by atoms with Gasteiger partial charge in [-0.1, -0.05) is 6.07 Å². The summed E-state index contributed by atoms with van der Waals surface area (Å²) in [6.07, 6.45) is 1.11. The Morgan fingerprint density at radius 2 is 2.00 bits per heavy atom. The SMILES string of the molecule is CCN(CC)C(=O)CN(C)c1ccc(C(C)O)cn1. The lowest BCUT2D eigenvalue weighted by atomic mass is 10.2. The average Bonchev–Trinajstić information content (AvgIpc) is 2.40. The minimum Gasteiger partial charge on any atom is -0.389 e. The molecule has 0 fully saturated rings. The van der Waals surface area contributed by atoms with Gasteiger partial charge in [-0.25, -0.2) is 4.98 Å². The fraction of sp³-hybridized carbons (Fsp3) is 0.571. The van der Waals surface area contributed by atoms with Crippen LogP contribution in [0.15, 0.2) is 18.3 Å². The number of likely N-dealkylation sites (N-methyl/N-ethyl adjacent to an activating group) is 2. The van der Waals surface area contributed by atoms with Crippen molar-refractivity contribution in [1.29, 1.82) is 0 Å². The molecule has 5 heteroatoms. The number of carbonyl (C=O) groups excluding carboxylic acids is 1. The normalized spacial score (nSPS) is 12.1. The maximum absolute atomic E-state index is 12.0. The molecule has 1 aromatic heterocycles. The molecule has 1 rings (SSSR count). The summed E-state index contributed by atoms with van der Waals surface area (Å²) in [6.45, 7) is 7.39. The lowest BCUT2D eigenvalue weighted by molar-refractivity contribution is -0.129. The zero-order valence-electron chi connectivity index (χ0n) is 12.1. The number of nitrogens with zero attached hydrogens (tertiary/aromatic N) is 3. The first-order chi connectivity index (χ1) is 8.99. The van der Waals surface area contributed by atoms with Gasteiger partial charge in [0.2, 0.25) is 5.91 Å². The molecule has 0 saturated heterocycles. The predicted molar refractivity (Wildman–Crippen MR) is 76.1 cm³/mol. The second kappa shape index (κ2) is 7.09. The first-order valence-corrected chi connectivity index (χ1v) is 6.62. The number of aliphatic hydroxyl groups is 1. The van der Waals surface area contributed by atoms with E-state index >= 15 is 0 Å². The summed E-state index contributed by atoms with van der Waals surface area (Å²) in [4.78, 5) is 19.8. The van der Waals surface area contributed by atoms with Gasteiger partial charge in [-0.2, -0.15) is 0 Å². The Kier molecular flexibility index (Phi) is 5.76. The fourth-order valence-electron chi connectivity index (χ4n) is 1.83. The van der Waals surface area contributed by atoms with Crippen LogP contribution in [0.5, 0.6) is 0 Å². The van der Waals surface area contributed by atoms with Crippen LogP contribution in [0.3, 0.4) is 0 Å². The molecule has 0 saturated carbocycles. The van der Waals surface area contributed by atoms with E-state index in [1.54, 1.807) is 18.0 Å². The summed E-state index contributed by atoms with van der Waals surface area (Å²) < 4.78 is 0. The van der Waals surface area contributed by atoms with Crippen molar-refractivity contribution in [2.24, 2.45) is 0 Å². The second-order valence-corrected chi connectivity index (χ2v) is 4.55. The number of pyridine rings is 1. The minimum atomic E-state index is -0.524. The topological polar surface area (TPSA) is 56.7 Å². The first-order valence-electron chi connectivity index (χ1n) is 6.62. The molecule has 1 N–H and O–H groups in total. The van der Waals surface area contributed by atoms with Crippen molar-refractivity contribution < 1.29 is 9.90 Å². The van der Waals surface area contributed by atoms with Crippen molar-refractivity contribution in [3.8, 4) is 0 Å². The maximum atomic E-state index is 12.0. The van der Waals surface area contributed by atoms with Crippen LogP contribution in [0, 0.1) is 0 Å². The molecule has 106 valence electrons. The third-order valence-electron chi connectivity index (χ3n) is 3.13. The number of aliphatic hydroxyl groups excluding tert-OH is 1. The molecule has 5 nitrogen and oxygen atoms in total. The van der Waals surface area contributed by atoms with E-state index in [1.165, 1.54) is 0 Å². The van der Waals surface area contributed by atoms with Crippen molar-refractivity contribution in [2.75, 3.05) is 31.6 Å². The van der Waals surface area contributed by atoms with E-state index in [4.69, 9.17) is 0 Å². The molecule has 0 radical (unpaired) electrons. The van der Waals surface area contributed by atoms with Crippen LogP contribution in [-0.4, -0.2) is 47.6 Å². The molecule has 0 aliphatic rings. The van der Waals surface area contributed by atoms with Gasteiger partial charge in [-0.3, -0.25) is 4.79 Å². The highest BCUT2D eigenvalue weighted by atomic mass is 16.3. The van der Waals surface area contributed by atoms with Crippen LogP contribution < -0.4 is 4.90 Å². The third kappa shape index (κ3) is 4.21. The monoisotopic (exact) mass is 265 g/mol. The minimum absolute atomic E-state index is 0.0916. The number of carbonyl (C=O) groups is 1. The van der Waals surface area contributed by atoms with Gasteiger partial charge in [0, 0.05) is 26.3 Å². The largest absolute Gasteiger partial charge is 0.389 e. The molecule has 1 atom stereocenters. The second-order valence-electron chi connectivity index (χ2n) is 4.55. The molecule has 0 bridgehead atoms. The van der Waals surface area contributed by atoms with Gasteiger partial charge < -0.3 is 14.9 Å². The molecule has 0 aromatic carbocycles. The van der Waals surface area contributed by atoms with Gasteiger partial charge in [0.15, 0.2) is 0 Å². The number of amides is 1. The molecule has 0 aliphatic heterocycles. The van der Waals surface area contributed by atoms with Crippen LogP contribution in [0.25, 0.3) is 0 Å². The smallest absolute Gasteiger partial charge is 0.242 e. The van der Waals surface area contributed by atoms with Gasteiger partial charge in [0.1, 0.15) is 5.82 Å². The van der Waals surface area contributed by atoms with Crippen molar-refractivity contribution in [2.45, 2.75) is 26.9 Å². The molecule has 1 amide bonds. The van der Waals surface area contributed by atoms with E-state index in [2.05, 4.69) is 4.98 Å². The number of rotatable bonds is 6. The van der Waals surface area contributed by atoms with Crippen molar-refractivity contribution in [1.82, 2.24) is 9.88 Å². The van der Waals surface area contributed by atoms with E-state index in [0.29, 0.717) is 6.54 Å². The van der Waals surface area contributed by atoms with Crippen LogP contribution in [0.2, 0.25) is 0 Å². The highest BCUT2D eigenvalue weighted by molar-refractivity contribution is 5.81. The summed E-state index contributed by atoms with van der Waals surface area (Å²) in [5, 5.41) is 9.42. The van der Waals surface area contributed by atoms with Gasteiger partial charge in [-0.05, 0) is 32.4 Å². The van der Waals surface area contributed by atoms with Gasteiger partial charge in [0.05, 0.1) is 12.6 Å². The Hall–Kier alpha value is -1.62. The Morgan fingerprint density at radius 1 is 1.37 bits per heavy atom. The number of aromatic nitrogens is 1. The Labute approximate surface area is 114 Å². The van der Waals surface area contributed by atoms with Crippen LogP contribution in [-0.2, 0) is 4.79 Å². The van der Waals surface area contributed by atoms with Crippen molar-refractivity contribution in [3.63, 3.8) is 0 Å². The van der Waals surface area contributed by atoms with Gasteiger partial charge in [-0.15, -0.1) is 0 Å². The van der Waals surface area contributed by atoms with E-state index in [0.717, 1.165) is 24.5 Å². The summed E-state index contributed by atoms with van der Waals surface area (Å²) in [6, 6.07) is 3.64. The molecular formula is C14H23N3O2. The summed E-state index contributed by atoms with van der Waals surface area (Å²) in [7, 11) is 1.84. The third-order valence-corrected chi connectivity index (χ3v) is 3.13. The van der Waals surface area contributed by atoms with Crippen LogP contribution >= 0.6 is 0 Å². The maximum Gasteiger partial charge on any atom is 0.242 e.